The minimum Gasteiger partial charge on any atom is -0.298 e. The maximum atomic E-state index is 5.05. The van der Waals surface area contributed by atoms with Gasteiger partial charge in [-0.1, -0.05) is 84.9 Å². The number of pyridine rings is 1. The summed E-state index contributed by atoms with van der Waals surface area (Å²) in [5, 5.41) is 2.26. The van der Waals surface area contributed by atoms with Crippen molar-refractivity contribution in [2.24, 2.45) is 0 Å². The summed E-state index contributed by atoms with van der Waals surface area (Å²) in [5.74, 6) is 1.83. The second-order valence-corrected chi connectivity index (χ2v) is 9.24. The lowest BCUT2D eigenvalue weighted by molar-refractivity contribution is 0.954. The third-order valence-electron chi connectivity index (χ3n) is 6.99. The number of benzene rings is 4. The first kappa shape index (κ1) is 20.8. The van der Waals surface area contributed by atoms with E-state index < -0.39 is 0 Å². The molecule has 4 aromatic carbocycles. The van der Waals surface area contributed by atoms with Gasteiger partial charge in [-0.15, -0.1) is 0 Å². The van der Waals surface area contributed by atoms with Crippen LogP contribution in [0, 0.1) is 0 Å². The second-order valence-electron chi connectivity index (χ2n) is 9.24. The Balaban J connectivity index is 1.54. The van der Waals surface area contributed by atoms with E-state index in [2.05, 4.69) is 51.6 Å². The van der Waals surface area contributed by atoms with E-state index in [0.717, 1.165) is 49.6 Å². The molecule has 0 spiro atoms. The minimum absolute atomic E-state index is 0.572. The Kier molecular flexibility index (Phi) is 4.42. The third kappa shape index (κ3) is 3.07. The highest BCUT2D eigenvalue weighted by Crippen LogP contribution is 2.36. The monoisotopic (exact) mass is 488 g/mol. The van der Waals surface area contributed by atoms with E-state index in [9.17, 15) is 0 Å². The average Bonchev–Trinajstić information content (AvgIpc) is 3.53. The van der Waals surface area contributed by atoms with Gasteiger partial charge in [0.05, 0.1) is 22.1 Å². The van der Waals surface area contributed by atoms with Gasteiger partial charge in [-0.05, 0) is 30.3 Å². The van der Waals surface area contributed by atoms with Crippen molar-refractivity contribution in [2.45, 2.75) is 0 Å². The molecule has 6 heteroatoms. The first-order chi connectivity index (χ1) is 18.8. The van der Waals surface area contributed by atoms with Crippen molar-refractivity contribution in [1.82, 2.24) is 28.9 Å². The summed E-state index contributed by atoms with van der Waals surface area (Å²) < 4.78 is 4.30. The molecule has 0 saturated carbocycles. The highest BCUT2D eigenvalue weighted by atomic mass is 15.2. The Morgan fingerprint density at radius 2 is 1.13 bits per heavy atom. The molecule has 0 aliphatic heterocycles. The number of para-hydroxylation sites is 1. The Labute approximate surface area is 217 Å². The third-order valence-corrected chi connectivity index (χ3v) is 6.99. The summed E-state index contributed by atoms with van der Waals surface area (Å²) in [6, 6.07) is 38.9. The predicted molar refractivity (Wildman–Crippen MR) is 151 cm³/mol. The van der Waals surface area contributed by atoms with Gasteiger partial charge in [-0.25, -0.2) is 9.97 Å². The molecule has 8 rings (SSSR count). The van der Waals surface area contributed by atoms with Crippen LogP contribution in [0.25, 0.3) is 67.2 Å². The highest BCUT2D eigenvalue weighted by Gasteiger charge is 2.21. The normalized spacial score (nSPS) is 11.7. The smallest absolute Gasteiger partial charge is 0.238 e. The summed E-state index contributed by atoms with van der Waals surface area (Å²) in [4.78, 5) is 19.9. The summed E-state index contributed by atoms with van der Waals surface area (Å²) in [7, 11) is 0. The molecule has 38 heavy (non-hydrogen) atoms. The maximum absolute atomic E-state index is 5.05. The number of rotatable bonds is 3. The number of nitrogens with zero attached hydrogens (tertiary/aromatic N) is 6. The molecule has 4 heterocycles. The number of aromatic nitrogens is 6. The molecule has 0 N–H and O–H groups in total. The largest absolute Gasteiger partial charge is 0.298 e. The van der Waals surface area contributed by atoms with Crippen molar-refractivity contribution in [2.75, 3.05) is 0 Å². The molecule has 178 valence electrons. The highest BCUT2D eigenvalue weighted by molar-refractivity contribution is 6.17. The Bertz CT molecular complexity index is 2070. The van der Waals surface area contributed by atoms with Crippen molar-refractivity contribution in [3.63, 3.8) is 0 Å². The van der Waals surface area contributed by atoms with Gasteiger partial charge in [0.2, 0.25) is 5.95 Å². The van der Waals surface area contributed by atoms with E-state index in [4.69, 9.17) is 19.9 Å². The minimum atomic E-state index is 0.572. The van der Waals surface area contributed by atoms with Gasteiger partial charge in [-0.2, -0.15) is 9.97 Å². The van der Waals surface area contributed by atoms with Gasteiger partial charge in [0, 0.05) is 28.1 Å². The van der Waals surface area contributed by atoms with Crippen LogP contribution in [0.15, 0.2) is 121 Å². The number of hydrogen-bond acceptors (Lipinski definition) is 4. The molecule has 0 bridgehead atoms. The first-order valence-electron chi connectivity index (χ1n) is 12.5. The predicted octanol–water partition coefficient (Wildman–Crippen LogP) is 7.10. The molecular formula is C32H20N6. The van der Waals surface area contributed by atoms with Gasteiger partial charge < -0.3 is 0 Å². The quantitative estimate of drug-likeness (QED) is 0.266. The molecule has 0 radical (unpaired) electrons. The van der Waals surface area contributed by atoms with Gasteiger partial charge in [0.25, 0.3) is 0 Å². The summed E-state index contributed by atoms with van der Waals surface area (Å²) in [6.07, 6.45) is 2.06. The van der Waals surface area contributed by atoms with Crippen LogP contribution in [0.1, 0.15) is 0 Å². The fourth-order valence-electron chi connectivity index (χ4n) is 5.30. The Morgan fingerprint density at radius 3 is 1.87 bits per heavy atom. The van der Waals surface area contributed by atoms with Crippen LogP contribution in [0.2, 0.25) is 0 Å². The van der Waals surface area contributed by atoms with Crippen LogP contribution in [0.4, 0.5) is 0 Å². The number of imidazole rings is 1. The average molecular weight is 489 g/mol. The lowest BCUT2D eigenvalue weighted by atomic mass is 10.1. The Hall–Kier alpha value is -5.36. The number of hydrogen-bond donors (Lipinski definition) is 0. The lowest BCUT2D eigenvalue weighted by Gasteiger charge is -2.11. The zero-order valence-corrected chi connectivity index (χ0v) is 20.2. The van der Waals surface area contributed by atoms with Crippen LogP contribution < -0.4 is 0 Å². The maximum Gasteiger partial charge on any atom is 0.238 e. The van der Waals surface area contributed by atoms with Crippen LogP contribution in [-0.4, -0.2) is 28.9 Å². The van der Waals surface area contributed by atoms with Crippen LogP contribution in [-0.2, 0) is 0 Å². The van der Waals surface area contributed by atoms with E-state index in [1.807, 2.05) is 78.9 Å². The zero-order valence-electron chi connectivity index (χ0n) is 20.2. The molecule has 0 atom stereocenters. The summed E-state index contributed by atoms with van der Waals surface area (Å²) >= 11 is 0. The molecule has 0 unspecified atom stereocenters. The molecule has 0 fully saturated rings. The standard InChI is InChI=1S/C32H20N6/c1-3-11-21(12-4-1)30-34-31(22-13-5-2-6-14-22)36-32(35-30)38-26-16-8-7-15-23(26)24-18-19-25-29(28(24)38)37-20-10-9-17-27(37)33-25/h1-20H. The molecule has 0 saturated heterocycles. The van der Waals surface area contributed by atoms with Gasteiger partial charge in [0.15, 0.2) is 11.6 Å². The van der Waals surface area contributed by atoms with E-state index in [-0.39, 0.29) is 0 Å². The molecule has 8 aromatic rings. The van der Waals surface area contributed by atoms with E-state index >= 15 is 0 Å². The molecular weight excluding hydrogens is 468 g/mol. The van der Waals surface area contributed by atoms with E-state index in [1.165, 1.54) is 0 Å². The van der Waals surface area contributed by atoms with E-state index in [0.29, 0.717) is 17.6 Å². The Morgan fingerprint density at radius 1 is 0.474 bits per heavy atom. The fourth-order valence-corrected chi connectivity index (χ4v) is 5.30. The van der Waals surface area contributed by atoms with Crippen LogP contribution >= 0.6 is 0 Å². The molecule has 0 aliphatic carbocycles. The lowest BCUT2D eigenvalue weighted by Crippen LogP contribution is -2.06. The summed E-state index contributed by atoms with van der Waals surface area (Å²) in [6.45, 7) is 0. The molecule has 4 aromatic heterocycles. The molecule has 6 nitrogen and oxygen atoms in total. The first-order valence-corrected chi connectivity index (χ1v) is 12.5. The molecule has 0 aliphatic rings. The number of fused-ring (bicyclic) bond motifs is 7. The second kappa shape index (κ2) is 8.08. The van der Waals surface area contributed by atoms with Crippen LogP contribution in [0.5, 0.6) is 0 Å². The van der Waals surface area contributed by atoms with Gasteiger partial charge in [0.1, 0.15) is 5.65 Å². The zero-order chi connectivity index (χ0) is 25.1. The SMILES string of the molecule is c1ccc(-c2nc(-c3ccccc3)nc(-n3c4ccccc4c4ccc5nc6ccccn6c5c43)n2)cc1. The van der Waals surface area contributed by atoms with Crippen molar-refractivity contribution < 1.29 is 0 Å². The van der Waals surface area contributed by atoms with Gasteiger partial charge >= 0.3 is 0 Å². The van der Waals surface area contributed by atoms with Crippen LogP contribution in [0.3, 0.4) is 0 Å². The summed E-state index contributed by atoms with van der Waals surface area (Å²) in [5.41, 5.74) is 6.78. The molecule has 0 amide bonds. The van der Waals surface area contributed by atoms with E-state index in [1.54, 1.807) is 0 Å². The van der Waals surface area contributed by atoms with Gasteiger partial charge in [-0.3, -0.25) is 8.97 Å². The van der Waals surface area contributed by atoms with Crippen molar-refractivity contribution in [3.05, 3.63) is 121 Å². The van der Waals surface area contributed by atoms with Crippen molar-refractivity contribution >= 4 is 38.5 Å². The topological polar surface area (TPSA) is 60.9 Å². The van der Waals surface area contributed by atoms with Crippen molar-refractivity contribution in [1.29, 1.82) is 0 Å². The van der Waals surface area contributed by atoms with Crippen molar-refractivity contribution in [3.8, 4) is 28.7 Å². The fraction of sp³-hybridized carbons (Fsp3) is 0.